The third-order valence-electron chi connectivity index (χ3n) is 3.88. The summed E-state index contributed by atoms with van der Waals surface area (Å²) in [5, 5.41) is 18.5. The van der Waals surface area contributed by atoms with Gasteiger partial charge < -0.3 is 10.4 Å². The van der Waals surface area contributed by atoms with Crippen LogP contribution in [0.5, 0.6) is 0 Å². The van der Waals surface area contributed by atoms with Gasteiger partial charge in [0.05, 0.1) is 11.3 Å². The molecule has 1 saturated carbocycles. The lowest BCUT2D eigenvalue weighted by Crippen LogP contribution is -2.42. The van der Waals surface area contributed by atoms with E-state index < -0.39 is 5.60 Å². The van der Waals surface area contributed by atoms with E-state index in [1.54, 1.807) is 4.68 Å². The Kier molecular flexibility index (Phi) is 4.40. The molecule has 2 rings (SSSR count). The molecule has 2 N–H and O–H groups in total. The van der Waals surface area contributed by atoms with Crippen LogP contribution < -0.4 is 5.32 Å². The molecule has 0 aromatic carbocycles. The van der Waals surface area contributed by atoms with E-state index in [0.29, 0.717) is 12.5 Å². The fraction of sp³-hybridized carbons (Fsp3) is 0.786. The largest absolute Gasteiger partial charge is 0.389 e. The molecule has 4 heteroatoms. The Balaban J connectivity index is 1.83. The average Bonchev–Trinajstić information content (AvgIpc) is 2.74. The van der Waals surface area contributed by atoms with Gasteiger partial charge in [0.25, 0.3) is 0 Å². The molecule has 1 aromatic rings. The highest BCUT2D eigenvalue weighted by Crippen LogP contribution is 2.31. The van der Waals surface area contributed by atoms with E-state index in [-0.39, 0.29) is 0 Å². The molecule has 0 atom stereocenters. The van der Waals surface area contributed by atoms with Crippen molar-refractivity contribution < 1.29 is 5.11 Å². The molecular weight excluding hydrogens is 226 g/mol. The lowest BCUT2D eigenvalue weighted by molar-refractivity contribution is -0.00392. The van der Waals surface area contributed by atoms with Gasteiger partial charge in [-0.2, -0.15) is 5.10 Å². The molecule has 0 saturated heterocycles. The summed E-state index contributed by atoms with van der Waals surface area (Å²) in [4.78, 5) is 0. The van der Waals surface area contributed by atoms with E-state index in [0.717, 1.165) is 37.9 Å². The van der Waals surface area contributed by atoms with Gasteiger partial charge in [0.15, 0.2) is 0 Å². The molecule has 0 bridgehead atoms. The molecule has 102 valence electrons. The smallest absolute Gasteiger partial charge is 0.0704 e. The number of hydrogen-bond donors (Lipinski definition) is 2. The minimum atomic E-state index is -0.543. The molecule has 4 nitrogen and oxygen atoms in total. The first-order valence-corrected chi connectivity index (χ1v) is 7.05. The normalized spacial score (nSPS) is 28.5. The van der Waals surface area contributed by atoms with Crippen LogP contribution in [-0.4, -0.2) is 33.1 Å². The van der Waals surface area contributed by atoms with Crippen LogP contribution in [0, 0.1) is 0 Å². The second-order valence-corrected chi connectivity index (χ2v) is 5.61. The van der Waals surface area contributed by atoms with E-state index in [1.165, 1.54) is 6.42 Å². The van der Waals surface area contributed by atoms with Crippen LogP contribution in [0.1, 0.15) is 44.7 Å². The summed E-state index contributed by atoms with van der Waals surface area (Å²) >= 11 is 0. The van der Waals surface area contributed by atoms with E-state index in [9.17, 15) is 5.11 Å². The Bertz CT molecular complexity index is 367. The Morgan fingerprint density at radius 3 is 2.78 bits per heavy atom. The highest BCUT2D eigenvalue weighted by molar-refractivity contribution is 5.05. The molecule has 1 aliphatic carbocycles. The molecule has 0 aliphatic heterocycles. The summed E-state index contributed by atoms with van der Waals surface area (Å²) in [6.45, 7) is 3.27. The van der Waals surface area contributed by atoms with Crippen LogP contribution in [0.3, 0.4) is 0 Å². The molecule has 1 aromatic heterocycles. The number of aliphatic hydroxyl groups is 1. The van der Waals surface area contributed by atoms with E-state index in [1.807, 2.05) is 19.3 Å². The third-order valence-corrected chi connectivity index (χ3v) is 3.88. The van der Waals surface area contributed by atoms with Gasteiger partial charge in [-0.25, -0.2) is 0 Å². The van der Waals surface area contributed by atoms with Crippen molar-refractivity contribution in [2.24, 2.45) is 7.05 Å². The van der Waals surface area contributed by atoms with Gasteiger partial charge in [0.1, 0.15) is 0 Å². The van der Waals surface area contributed by atoms with Crippen molar-refractivity contribution in [3.8, 4) is 0 Å². The Hall–Kier alpha value is -0.870. The Morgan fingerprint density at radius 1 is 1.50 bits per heavy atom. The quantitative estimate of drug-likeness (QED) is 0.836. The highest BCUT2D eigenvalue weighted by atomic mass is 16.3. The Morgan fingerprint density at radius 2 is 2.22 bits per heavy atom. The van der Waals surface area contributed by atoms with Crippen LogP contribution in [-0.2, 0) is 13.5 Å². The fourth-order valence-electron chi connectivity index (χ4n) is 2.78. The third kappa shape index (κ3) is 3.56. The van der Waals surface area contributed by atoms with Crippen LogP contribution in [0.4, 0.5) is 0 Å². The fourth-order valence-corrected chi connectivity index (χ4v) is 2.78. The number of nitrogens with zero attached hydrogens (tertiary/aromatic N) is 2. The number of nitrogens with one attached hydrogen (secondary N) is 1. The molecule has 1 heterocycles. The van der Waals surface area contributed by atoms with Gasteiger partial charge in [-0.05, 0) is 44.7 Å². The minimum absolute atomic E-state index is 0.543. The summed E-state index contributed by atoms with van der Waals surface area (Å²) in [5.41, 5.74) is 0.457. The zero-order chi connectivity index (χ0) is 13.0. The maximum Gasteiger partial charge on any atom is 0.0704 e. The summed E-state index contributed by atoms with van der Waals surface area (Å²) in [7, 11) is 1.92. The predicted octanol–water partition coefficient (Wildman–Crippen LogP) is 1.64. The maximum atomic E-state index is 10.6. The van der Waals surface area contributed by atoms with Crippen molar-refractivity contribution in [3.63, 3.8) is 0 Å². The second-order valence-electron chi connectivity index (χ2n) is 5.61. The van der Waals surface area contributed by atoms with Crippen molar-refractivity contribution in [1.29, 1.82) is 0 Å². The molecule has 0 spiro atoms. The molecule has 0 radical (unpaired) electrons. The van der Waals surface area contributed by atoms with Crippen molar-refractivity contribution in [1.82, 2.24) is 15.1 Å². The van der Waals surface area contributed by atoms with Crippen molar-refractivity contribution >= 4 is 0 Å². The van der Waals surface area contributed by atoms with Crippen molar-refractivity contribution in [2.45, 2.75) is 57.1 Å². The lowest BCUT2D eigenvalue weighted by Gasteiger charge is -2.36. The molecule has 0 amide bonds. The second kappa shape index (κ2) is 5.85. The predicted molar refractivity (Wildman–Crippen MR) is 72.4 cm³/mol. The zero-order valence-electron chi connectivity index (χ0n) is 11.5. The molecular formula is C14H25N3O. The van der Waals surface area contributed by atoms with Crippen LogP contribution in [0.25, 0.3) is 0 Å². The van der Waals surface area contributed by atoms with E-state index >= 15 is 0 Å². The van der Waals surface area contributed by atoms with Gasteiger partial charge in [0, 0.05) is 25.7 Å². The SMILES string of the molecule is CCCNC1CCC(O)(Cc2ccn(C)n2)CC1. The summed E-state index contributed by atoms with van der Waals surface area (Å²) in [6, 6.07) is 2.59. The first kappa shape index (κ1) is 13.6. The zero-order valence-corrected chi connectivity index (χ0v) is 11.5. The van der Waals surface area contributed by atoms with Gasteiger partial charge in [-0.1, -0.05) is 6.92 Å². The summed E-state index contributed by atoms with van der Waals surface area (Å²) in [6.07, 6.45) is 7.71. The standard InChI is InChI=1S/C14H25N3O/c1-3-9-15-12-4-7-14(18,8-5-12)11-13-6-10-17(2)16-13/h6,10,12,15,18H,3-5,7-9,11H2,1-2H3. The first-order chi connectivity index (χ1) is 8.61. The monoisotopic (exact) mass is 251 g/mol. The Labute approximate surface area is 109 Å². The van der Waals surface area contributed by atoms with Crippen molar-refractivity contribution in [2.75, 3.05) is 6.54 Å². The topological polar surface area (TPSA) is 50.1 Å². The number of aryl methyl sites for hydroxylation is 1. The lowest BCUT2D eigenvalue weighted by atomic mass is 9.79. The van der Waals surface area contributed by atoms with Crippen LogP contribution in [0.15, 0.2) is 12.3 Å². The molecule has 1 aliphatic rings. The molecule has 1 fully saturated rings. The maximum absolute atomic E-state index is 10.6. The van der Waals surface area contributed by atoms with E-state index in [4.69, 9.17) is 0 Å². The van der Waals surface area contributed by atoms with Gasteiger partial charge in [-0.3, -0.25) is 4.68 Å². The summed E-state index contributed by atoms with van der Waals surface area (Å²) < 4.78 is 1.80. The molecule has 18 heavy (non-hydrogen) atoms. The van der Waals surface area contributed by atoms with Gasteiger partial charge in [0.2, 0.25) is 0 Å². The number of hydrogen-bond acceptors (Lipinski definition) is 3. The van der Waals surface area contributed by atoms with E-state index in [2.05, 4.69) is 17.3 Å². The summed E-state index contributed by atoms with van der Waals surface area (Å²) in [5.74, 6) is 0. The van der Waals surface area contributed by atoms with Crippen molar-refractivity contribution in [3.05, 3.63) is 18.0 Å². The van der Waals surface area contributed by atoms with Crippen LogP contribution in [0.2, 0.25) is 0 Å². The highest BCUT2D eigenvalue weighted by Gasteiger charge is 2.33. The first-order valence-electron chi connectivity index (χ1n) is 7.05. The van der Waals surface area contributed by atoms with Gasteiger partial charge in [-0.15, -0.1) is 0 Å². The van der Waals surface area contributed by atoms with Crippen LogP contribution >= 0.6 is 0 Å². The minimum Gasteiger partial charge on any atom is -0.389 e. The number of aromatic nitrogens is 2. The average molecular weight is 251 g/mol. The number of rotatable bonds is 5. The molecule has 0 unspecified atom stereocenters. The van der Waals surface area contributed by atoms with Gasteiger partial charge >= 0.3 is 0 Å².